The monoisotopic (exact) mass is 266 g/mol. The highest BCUT2D eigenvalue weighted by molar-refractivity contribution is 6.37. The molecule has 1 aliphatic rings. The summed E-state index contributed by atoms with van der Waals surface area (Å²) in [4.78, 5) is 12.5. The zero-order valence-corrected chi connectivity index (χ0v) is 10.5. The number of ketones is 1. The van der Waals surface area contributed by atoms with Crippen LogP contribution in [-0.4, -0.2) is 30.4 Å². The third-order valence-electron chi connectivity index (χ3n) is 3.44. The molecule has 0 amide bonds. The number of carbonyl (C=O) groups excluding carboxylic acids is 1. The lowest BCUT2D eigenvalue weighted by Crippen LogP contribution is -2.29. The number of benzene rings is 2. The topological polar surface area (TPSA) is 66.8 Å². The number of ether oxygens (including phenoxy) is 1. The van der Waals surface area contributed by atoms with Gasteiger partial charge in [-0.2, -0.15) is 0 Å². The molecule has 3 rings (SSSR count). The summed E-state index contributed by atoms with van der Waals surface area (Å²) in [5.74, 6) is -0.257. The summed E-state index contributed by atoms with van der Waals surface area (Å²) in [6.45, 7) is 0.157. The van der Waals surface area contributed by atoms with E-state index in [1.54, 1.807) is 12.1 Å². The van der Waals surface area contributed by atoms with E-state index in [0.717, 1.165) is 5.56 Å². The van der Waals surface area contributed by atoms with Gasteiger partial charge in [0.25, 0.3) is 0 Å². The van der Waals surface area contributed by atoms with Crippen molar-refractivity contribution in [2.24, 2.45) is 0 Å². The van der Waals surface area contributed by atoms with E-state index < -0.39 is 5.92 Å². The van der Waals surface area contributed by atoms with Crippen molar-refractivity contribution in [3.63, 3.8) is 0 Å². The fourth-order valence-electron chi connectivity index (χ4n) is 2.32. The zero-order valence-electron chi connectivity index (χ0n) is 10.5. The minimum absolute atomic E-state index is 0.0833. The minimum atomic E-state index is -0.438. The molecule has 1 aliphatic heterocycles. The largest absolute Gasteiger partial charge is 0.508 e. The highest BCUT2D eigenvalue weighted by Gasteiger charge is 2.31. The highest BCUT2D eigenvalue weighted by Crippen LogP contribution is 2.33. The van der Waals surface area contributed by atoms with Gasteiger partial charge in [0.05, 0.1) is 11.5 Å². The van der Waals surface area contributed by atoms with Gasteiger partial charge in [-0.3, -0.25) is 4.79 Å². The molecule has 0 aliphatic carbocycles. The van der Waals surface area contributed by atoms with Crippen molar-refractivity contribution >= 4 is 19.1 Å². The molecule has 4 nitrogen and oxygen atoms in total. The summed E-state index contributed by atoms with van der Waals surface area (Å²) in [6, 6.07) is 9.34. The Morgan fingerprint density at radius 2 is 1.80 bits per heavy atom. The fraction of sp³-hybridized carbons (Fsp3) is 0.133. The van der Waals surface area contributed by atoms with Crippen LogP contribution in [0.1, 0.15) is 21.8 Å². The molecule has 0 bridgehead atoms. The van der Waals surface area contributed by atoms with E-state index in [2.05, 4.69) is 0 Å². The van der Waals surface area contributed by atoms with Crippen LogP contribution in [0.4, 0.5) is 0 Å². The van der Waals surface area contributed by atoms with Crippen LogP contribution in [0.25, 0.3) is 0 Å². The van der Waals surface area contributed by atoms with Crippen LogP contribution < -0.4 is 10.2 Å². The van der Waals surface area contributed by atoms with Crippen molar-refractivity contribution < 1.29 is 19.7 Å². The maximum absolute atomic E-state index is 12.5. The Kier molecular flexibility index (Phi) is 2.90. The highest BCUT2D eigenvalue weighted by atomic mass is 16.5. The van der Waals surface area contributed by atoms with Crippen LogP contribution in [0.15, 0.2) is 36.4 Å². The van der Waals surface area contributed by atoms with Crippen LogP contribution in [0, 0.1) is 0 Å². The minimum Gasteiger partial charge on any atom is -0.508 e. The second-order valence-electron chi connectivity index (χ2n) is 4.69. The molecule has 5 heteroatoms. The van der Waals surface area contributed by atoms with Gasteiger partial charge in [-0.25, -0.2) is 0 Å². The third kappa shape index (κ3) is 1.91. The van der Waals surface area contributed by atoms with Crippen molar-refractivity contribution in [2.45, 2.75) is 5.92 Å². The molecule has 98 valence electrons. The van der Waals surface area contributed by atoms with E-state index in [9.17, 15) is 15.0 Å². The molecule has 0 aromatic heterocycles. The normalized spacial score (nSPS) is 17.4. The van der Waals surface area contributed by atoms with Gasteiger partial charge in [-0.05, 0) is 35.3 Å². The number of phenolic OH excluding ortho intramolecular Hbond substituents is 2. The molecule has 2 N–H and O–H groups in total. The van der Waals surface area contributed by atoms with Crippen molar-refractivity contribution in [1.29, 1.82) is 0 Å². The van der Waals surface area contributed by atoms with Crippen LogP contribution in [0.2, 0.25) is 0 Å². The lowest BCUT2D eigenvalue weighted by atomic mass is 9.84. The number of Topliss-reactive ketones (excluding diaryl/α,β-unsaturated/α-hetero) is 1. The van der Waals surface area contributed by atoms with Crippen LogP contribution in [0.3, 0.4) is 0 Å². The van der Waals surface area contributed by atoms with E-state index in [1.165, 1.54) is 24.3 Å². The molecule has 2 aromatic carbocycles. The average molecular weight is 266 g/mol. The van der Waals surface area contributed by atoms with Gasteiger partial charge in [0.2, 0.25) is 0 Å². The lowest BCUT2D eigenvalue weighted by Gasteiger charge is -2.26. The number of rotatable bonds is 1. The van der Waals surface area contributed by atoms with E-state index in [-0.39, 0.29) is 35.1 Å². The summed E-state index contributed by atoms with van der Waals surface area (Å²) in [5.41, 5.74) is 1.22. The van der Waals surface area contributed by atoms with E-state index in [4.69, 9.17) is 12.6 Å². The first-order valence-corrected chi connectivity index (χ1v) is 6.15. The maximum atomic E-state index is 12.5. The molecule has 0 fully saturated rings. The van der Waals surface area contributed by atoms with Gasteiger partial charge in [0.1, 0.15) is 31.7 Å². The number of aromatic hydroxyl groups is 2. The first kappa shape index (κ1) is 12.6. The Morgan fingerprint density at radius 3 is 2.50 bits per heavy atom. The van der Waals surface area contributed by atoms with Crippen LogP contribution in [-0.2, 0) is 0 Å². The summed E-state index contributed by atoms with van der Waals surface area (Å²) >= 11 is 0. The first-order chi connectivity index (χ1) is 9.58. The molecule has 0 saturated carbocycles. The third-order valence-corrected chi connectivity index (χ3v) is 3.44. The van der Waals surface area contributed by atoms with E-state index >= 15 is 0 Å². The molecule has 2 aromatic rings. The van der Waals surface area contributed by atoms with E-state index in [0.29, 0.717) is 5.56 Å². The number of fused-ring (bicyclic) bond motifs is 1. The number of carbonyl (C=O) groups is 1. The Hall–Kier alpha value is -2.43. The Bertz CT molecular complexity index is 679. The summed E-state index contributed by atoms with van der Waals surface area (Å²) in [6.07, 6.45) is 0. The smallest absolute Gasteiger partial charge is 0.177 e. The molecular weight excluding hydrogens is 255 g/mol. The van der Waals surface area contributed by atoms with Crippen LogP contribution in [0.5, 0.6) is 17.2 Å². The molecule has 20 heavy (non-hydrogen) atoms. The first-order valence-electron chi connectivity index (χ1n) is 6.15. The van der Waals surface area contributed by atoms with Gasteiger partial charge in [0.15, 0.2) is 5.78 Å². The standard InChI is InChI=1S/C15H11BO4/c16-13-12(18)6-5-10-14(19)11(7-20-15(10)13)8-1-3-9(17)4-2-8/h1-6,11,17-18H,7H2. The lowest BCUT2D eigenvalue weighted by molar-refractivity contribution is 0.0897. The van der Waals surface area contributed by atoms with Crippen molar-refractivity contribution in [3.8, 4) is 17.2 Å². The zero-order chi connectivity index (χ0) is 14.3. The number of hydrogen-bond acceptors (Lipinski definition) is 4. The van der Waals surface area contributed by atoms with Crippen molar-refractivity contribution in [1.82, 2.24) is 0 Å². The molecular formula is C15H11BO4. The predicted octanol–water partition coefficient (Wildman–Crippen LogP) is 1.25. The van der Waals surface area contributed by atoms with Gasteiger partial charge >= 0.3 is 0 Å². The van der Waals surface area contributed by atoms with Gasteiger partial charge in [0, 0.05) is 0 Å². The molecule has 0 spiro atoms. The molecule has 1 atom stereocenters. The predicted molar refractivity (Wildman–Crippen MR) is 74.2 cm³/mol. The van der Waals surface area contributed by atoms with Crippen molar-refractivity contribution in [3.05, 3.63) is 47.5 Å². The van der Waals surface area contributed by atoms with Gasteiger partial charge in [-0.15, -0.1) is 0 Å². The summed E-state index contributed by atoms with van der Waals surface area (Å²) in [7, 11) is 5.71. The molecule has 1 unspecified atom stereocenters. The SMILES string of the molecule is [B]c1c(O)ccc2c1OCC(c1ccc(O)cc1)C2=O. The maximum Gasteiger partial charge on any atom is 0.177 e. The fourth-order valence-corrected chi connectivity index (χ4v) is 2.32. The Balaban J connectivity index is 2.01. The number of phenols is 2. The molecule has 0 saturated heterocycles. The van der Waals surface area contributed by atoms with Gasteiger partial charge < -0.3 is 14.9 Å². The van der Waals surface area contributed by atoms with Crippen LogP contribution >= 0.6 is 0 Å². The summed E-state index contributed by atoms with van der Waals surface area (Å²) < 4.78 is 5.53. The Labute approximate surface area is 117 Å². The van der Waals surface area contributed by atoms with Crippen molar-refractivity contribution in [2.75, 3.05) is 6.61 Å². The summed E-state index contributed by atoms with van der Waals surface area (Å²) in [5, 5.41) is 18.8. The number of hydrogen-bond donors (Lipinski definition) is 2. The second-order valence-corrected chi connectivity index (χ2v) is 4.69. The molecule has 2 radical (unpaired) electrons. The molecule has 1 heterocycles. The average Bonchev–Trinajstić information content (AvgIpc) is 2.45. The second kappa shape index (κ2) is 4.60. The van der Waals surface area contributed by atoms with Gasteiger partial charge in [-0.1, -0.05) is 12.1 Å². The Morgan fingerprint density at radius 1 is 1.10 bits per heavy atom. The van der Waals surface area contributed by atoms with E-state index in [1.807, 2.05) is 0 Å². The quantitative estimate of drug-likeness (QED) is 0.762.